The molecule has 0 radical (unpaired) electrons. The lowest BCUT2D eigenvalue weighted by Crippen LogP contribution is -2.18. The minimum absolute atomic E-state index is 0.173. The third-order valence-electron chi connectivity index (χ3n) is 3.05. The van der Waals surface area contributed by atoms with Crippen molar-refractivity contribution in [2.75, 3.05) is 22.1 Å². The van der Waals surface area contributed by atoms with E-state index < -0.39 is 0 Å². The Balaban J connectivity index is 1.72. The number of thioether (sulfide) groups is 1. The Morgan fingerprint density at radius 3 is 2.04 bits per heavy atom. The van der Waals surface area contributed by atoms with Gasteiger partial charge in [-0.05, 0) is 48.9 Å². The van der Waals surface area contributed by atoms with E-state index in [1.807, 2.05) is 13.0 Å². The van der Waals surface area contributed by atoms with Crippen LogP contribution in [-0.4, -0.2) is 23.3 Å². The zero-order chi connectivity index (χ0) is 17.5. The Hall–Kier alpha value is -1.69. The van der Waals surface area contributed by atoms with Crippen LogP contribution in [-0.2, 0) is 9.59 Å². The van der Waals surface area contributed by atoms with Gasteiger partial charge in [0, 0.05) is 21.4 Å². The zero-order valence-corrected chi connectivity index (χ0v) is 15.3. The van der Waals surface area contributed by atoms with Crippen LogP contribution in [0, 0.1) is 6.92 Å². The third kappa shape index (κ3) is 6.07. The van der Waals surface area contributed by atoms with E-state index in [-0.39, 0.29) is 23.3 Å². The summed E-state index contributed by atoms with van der Waals surface area (Å²) in [5, 5.41) is 6.69. The summed E-state index contributed by atoms with van der Waals surface area (Å²) in [5.41, 5.74) is 2.26. The molecule has 2 aromatic carbocycles. The Morgan fingerprint density at radius 2 is 1.46 bits per heavy atom. The number of nitrogens with one attached hydrogen (secondary N) is 2. The smallest absolute Gasteiger partial charge is 0.234 e. The molecule has 0 aromatic heterocycles. The summed E-state index contributed by atoms with van der Waals surface area (Å²) in [7, 11) is 0. The summed E-state index contributed by atoms with van der Waals surface area (Å²) in [6, 6.07) is 12.2. The highest BCUT2D eigenvalue weighted by Crippen LogP contribution is 2.20. The average Bonchev–Trinajstić information content (AvgIpc) is 2.53. The lowest BCUT2D eigenvalue weighted by atomic mass is 10.2. The summed E-state index contributed by atoms with van der Waals surface area (Å²) in [5.74, 6) is 0.0113. The van der Waals surface area contributed by atoms with Crippen LogP contribution in [0.2, 0.25) is 10.0 Å². The van der Waals surface area contributed by atoms with E-state index >= 15 is 0 Å². The van der Waals surface area contributed by atoms with E-state index in [1.54, 1.807) is 36.4 Å². The summed E-state index contributed by atoms with van der Waals surface area (Å²) < 4.78 is 0. The number of carbonyl (C=O) groups is 2. The van der Waals surface area contributed by atoms with E-state index in [9.17, 15) is 9.59 Å². The van der Waals surface area contributed by atoms with Crippen molar-refractivity contribution in [3.05, 3.63) is 58.1 Å². The van der Waals surface area contributed by atoms with Gasteiger partial charge in [-0.1, -0.05) is 29.3 Å². The Kier molecular flexibility index (Phi) is 6.97. The third-order valence-corrected chi connectivity index (χ3v) is 4.64. The minimum atomic E-state index is -0.181. The first-order valence-electron chi connectivity index (χ1n) is 7.13. The molecule has 0 saturated carbocycles. The molecular weight excluding hydrogens is 367 g/mol. The molecule has 2 rings (SSSR count). The van der Waals surface area contributed by atoms with Crippen molar-refractivity contribution in [1.29, 1.82) is 0 Å². The van der Waals surface area contributed by atoms with Gasteiger partial charge in [0.25, 0.3) is 0 Å². The van der Waals surface area contributed by atoms with Crippen molar-refractivity contribution in [2.45, 2.75) is 6.92 Å². The van der Waals surface area contributed by atoms with Crippen molar-refractivity contribution in [2.24, 2.45) is 0 Å². The number of halogens is 2. The Labute approximate surface area is 154 Å². The zero-order valence-electron chi connectivity index (χ0n) is 12.9. The fourth-order valence-electron chi connectivity index (χ4n) is 1.83. The highest BCUT2D eigenvalue weighted by molar-refractivity contribution is 8.00. The molecule has 4 nitrogen and oxygen atoms in total. The first-order chi connectivity index (χ1) is 11.4. The quantitative estimate of drug-likeness (QED) is 0.766. The summed E-state index contributed by atoms with van der Waals surface area (Å²) >= 11 is 13.0. The molecule has 0 unspecified atom stereocenters. The van der Waals surface area contributed by atoms with Gasteiger partial charge in [0.2, 0.25) is 11.8 Å². The second-order valence-electron chi connectivity index (χ2n) is 5.06. The molecule has 2 N–H and O–H groups in total. The van der Waals surface area contributed by atoms with Gasteiger partial charge in [0.15, 0.2) is 0 Å². The maximum atomic E-state index is 11.9. The van der Waals surface area contributed by atoms with Gasteiger partial charge in [0.1, 0.15) is 0 Å². The number of carbonyl (C=O) groups excluding carboxylic acids is 2. The molecule has 126 valence electrons. The first-order valence-corrected chi connectivity index (χ1v) is 9.04. The first kappa shape index (κ1) is 18.6. The highest BCUT2D eigenvalue weighted by Gasteiger charge is 2.07. The van der Waals surface area contributed by atoms with Crippen LogP contribution in [0.4, 0.5) is 11.4 Å². The second kappa shape index (κ2) is 8.97. The number of benzene rings is 2. The molecule has 0 fully saturated rings. The minimum Gasteiger partial charge on any atom is -0.325 e. The number of anilines is 2. The molecule has 0 aliphatic heterocycles. The number of rotatable bonds is 6. The second-order valence-corrected chi connectivity index (χ2v) is 6.89. The van der Waals surface area contributed by atoms with Crippen molar-refractivity contribution in [1.82, 2.24) is 0 Å². The number of hydrogen-bond donors (Lipinski definition) is 2. The van der Waals surface area contributed by atoms with Crippen molar-refractivity contribution in [3.8, 4) is 0 Å². The van der Waals surface area contributed by atoms with Crippen LogP contribution in [0.3, 0.4) is 0 Å². The molecule has 0 spiro atoms. The van der Waals surface area contributed by atoms with Gasteiger partial charge in [-0.3, -0.25) is 9.59 Å². The van der Waals surface area contributed by atoms with Crippen molar-refractivity contribution >= 4 is 58.2 Å². The molecule has 2 aromatic rings. The van der Waals surface area contributed by atoms with Crippen LogP contribution in [0.5, 0.6) is 0 Å². The van der Waals surface area contributed by atoms with Gasteiger partial charge in [0.05, 0.1) is 11.5 Å². The number of aryl methyl sites for hydroxylation is 1. The van der Waals surface area contributed by atoms with E-state index in [4.69, 9.17) is 23.2 Å². The lowest BCUT2D eigenvalue weighted by molar-refractivity contribution is -0.114. The monoisotopic (exact) mass is 382 g/mol. The van der Waals surface area contributed by atoms with Gasteiger partial charge in [-0.2, -0.15) is 0 Å². The largest absolute Gasteiger partial charge is 0.325 e. The lowest BCUT2D eigenvalue weighted by Gasteiger charge is -2.07. The van der Waals surface area contributed by atoms with Crippen molar-refractivity contribution < 1.29 is 9.59 Å². The van der Waals surface area contributed by atoms with Gasteiger partial charge in [-0.15, -0.1) is 11.8 Å². The van der Waals surface area contributed by atoms with Crippen LogP contribution in [0.25, 0.3) is 0 Å². The highest BCUT2D eigenvalue weighted by atomic mass is 35.5. The SMILES string of the molecule is Cc1ccc(NC(=O)CSCC(=O)Nc2ccc(Cl)cc2)cc1Cl. The molecule has 2 amide bonds. The van der Waals surface area contributed by atoms with Crippen LogP contribution in [0.1, 0.15) is 5.56 Å². The Bertz CT molecular complexity index is 736. The van der Waals surface area contributed by atoms with Crippen LogP contribution < -0.4 is 10.6 Å². The fourth-order valence-corrected chi connectivity index (χ4v) is 2.76. The molecule has 0 heterocycles. The molecular formula is C17H16Cl2N2O2S. The van der Waals surface area contributed by atoms with Gasteiger partial charge >= 0.3 is 0 Å². The topological polar surface area (TPSA) is 58.2 Å². The normalized spacial score (nSPS) is 10.3. The van der Waals surface area contributed by atoms with E-state index in [0.29, 0.717) is 21.4 Å². The molecule has 0 saturated heterocycles. The predicted octanol–water partition coefficient (Wildman–Crippen LogP) is 4.61. The average molecular weight is 383 g/mol. The summed E-state index contributed by atoms with van der Waals surface area (Å²) in [4.78, 5) is 23.7. The number of amides is 2. The standard InChI is InChI=1S/C17H16Cl2N2O2S/c1-11-2-5-14(8-15(11)19)21-17(23)10-24-9-16(22)20-13-6-3-12(18)4-7-13/h2-8H,9-10H2,1H3,(H,20,22)(H,21,23). The molecule has 0 atom stereocenters. The molecule has 0 aliphatic rings. The van der Waals surface area contributed by atoms with Crippen LogP contribution in [0.15, 0.2) is 42.5 Å². The number of hydrogen-bond acceptors (Lipinski definition) is 3. The van der Waals surface area contributed by atoms with E-state index in [2.05, 4.69) is 10.6 Å². The van der Waals surface area contributed by atoms with Crippen LogP contribution >= 0.6 is 35.0 Å². The summed E-state index contributed by atoms with van der Waals surface area (Å²) in [6.45, 7) is 1.89. The maximum absolute atomic E-state index is 11.9. The molecule has 0 aliphatic carbocycles. The molecule has 24 heavy (non-hydrogen) atoms. The van der Waals surface area contributed by atoms with E-state index in [1.165, 1.54) is 11.8 Å². The fraction of sp³-hybridized carbons (Fsp3) is 0.176. The molecule has 0 bridgehead atoms. The van der Waals surface area contributed by atoms with Crippen molar-refractivity contribution in [3.63, 3.8) is 0 Å². The van der Waals surface area contributed by atoms with E-state index in [0.717, 1.165) is 5.56 Å². The summed E-state index contributed by atoms with van der Waals surface area (Å²) in [6.07, 6.45) is 0. The predicted molar refractivity (Wildman–Crippen MR) is 102 cm³/mol. The Morgan fingerprint density at radius 1 is 0.917 bits per heavy atom. The maximum Gasteiger partial charge on any atom is 0.234 e. The molecule has 7 heteroatoms. The van der Waals surface area contributed by atoms with Gasteiger partial charge in [-0.25, -0.2) is 0 Å². The van der Waals surface area contributed by atoms with Gasteiger partial charge < -0.3 is 10.6 Å².